The number of rotatable bonds is 0. The molecule has 1 aliphatic heterocycles. The zero-order chi connectivity index (χ0) is 13.9. The predicted octanol–water partition coefficient (Wildman–Crippen LogP) is 5.63. The van der Waals surface area contributed by atoms with Crippen LogP contribution in [0.2, 0.25) is 0 Å². The first kappa shape index (κ1) is 14.0. The smallest absolute Gasteiger partial charge is 0.0225 e. The Balaban J connectivity index is 2.73. The lowest BCUT2D eigenvalue weighted by molar-refractivity contribution is 0.280. The molecular weight excluding hydrogens is 236 g/mol. The maximum absolute atomic E-state index is 2.40. The average molecular weight is 262 g/mol. The topological polar surface area (TPSA) is 0 Å². The molecule has 1 heterocycles. The van der Waals surface area contributed by atoms with Crippen LogP contribution in [-0.2, 0) is 0 Å². The maximum atomic E-state index is 2.40. The summed E-state index contributed by atoms with van der Waals surface area (Å²) in [6.45, 7) is 18.7. The highest BCUT2D eigenvalue weighted by atomic mass is 32.2. The van der Waals surface area contributed by atoms with E-state index in [1.165, 1.54) is 16.7 Å². The SMILES string of the molecule is Cc1cc(C)c2c(c1C)SC(C)(C)C2C(C)(C)C. The van der Waals surface area contributed by atoms with Gasteiger partial charge < -0.3 is 0 Å². The van der Waals surface area contributed by atoms with Gasteiger partial charge in [-0.2, -0.15) is 0 Å². The van der Waals surface area contributed by atoms with Gasteiger partial charge in [-0.05, 0) is 62.3 Å². The van der Waals surface area contributed by atoms with Crippen molar-refractivity contribution in [3.05, 3.63) is 28.3 Å². The third-order valence-electron chi connectivity index (χ3n) is 4.25. The second-order valence-corrected chi connectivity index (χ2v) is 9.05. The molecule has 18 heavy (non-hydrogen) atoms. The van der Waals surface area contributed by atoms with Crippen molar-refractivity contribution < 1.29 is 0 Å². The zero-order valence-corrected chi connectivity index (χ0v) is 13.9. The van der Waals surface area contributed by atoms with Gasteiger partial charge in [0.25, 0.3) is 0 Å². The Morgan fingerprint density at radius 1 is 1.06 bits per heavy atom. The first-order chi connectivity index (χ1) is 8.05. The fourth-order valence-corrected chi connectivity index (χ4v) is 5.52. The van der Waals surface area contributed by atoms with Crippen LogP contribution in [0.1, 0.15) is 62.8 Å². The van der Waals surface area contributed by atoms with Crippen molar-refractivity contribution in [2.45, 2.75) is 71.0 Å². The molecule has 1 heteroatoms. The third kappa shape index (κ3) is 2.01. The van der Waals surface area contributed by atoms with Crippen molar-refractivity contribution in [1.82, 2.24) is 0 Å². The van der Waals surface area contributed by atoms with E-state index in [0.717, 1.165) is 0 Å². The summed E-state index contributed by atoms with van der Waals surface area (Å²) < 4.78 is 0.296. The normalized spacial score (nSPS) is 22.1. The lowest BCUT2D eigenvalue weighted by Crippen LogP contribution is -2.32. The van der Waals surface area contributed by atoms with Crippen LogP contribution in [0.5, 0.6) is 0 Å². The Kier molecular flexibility index (Phi) is 3.13. The summed E-state index contributed by atoms with van der Waals surface area (Å²) in [5, 5.41) is 0. The van der Waals surface area contributed by atoms with Gasteiger partial charge in [0, 0.05) is 15.6 Å². The van der Waals surface area contributed by atoms with Gasteiger partial charge in [-0.3, -0.25) is 0 Å². The fraction of sp³-hybridized carbons (Fsp3) is 0.647. The highest BCUT2D eigenvalue weighted by Crippen LogP contribution is 2.61. The molecule has 0 bridgehead atoms. The summed E-state index contributed by atoms with van der Waals surface area (Å²) >= 11 is 2.08. The molecular formula is C17H26S. The molecule has 0 nitrogen and oxygen atoms in total. The monoisotopic (exact) mass is 262 g/mol. The molecule has 0 aromatic heterocycles. The maximum Gasteiger partial charge on any atom is 0.0225 e. The van der Waals surface area contributed by atoms with Crippen molar-refractivity contribution in [3.8, 4) is 0 Å². The van der Waals surface area contributed by atoms with Gasteiger partial charge >= 0.3 is 0 Å². The second-order valence-electron chi connectivity index (χ2n) is 7.38. The lowest BCUT2D eigenvalue weighted by atomic mass is 9.69. The van der Waals surface area contributed by atoms with Gasteiger partial charge in [0.15, 0.2) is 0 Å². The van der Waals surface area contributed by atoms with Crippen molar-refractivity contribution in [2.75, 3.05) is 0 Å². The number of aryl methyl sites for hydroxylation is 2. The Bertz CT molecular complexity index is 489. The van der Waals surface area contributed by atoms with Crippen LogP contribution in [0.25, 0.3) is 0 Å². The van der Waals surface area contributed by atoms with E-state index < -0.39 is 0 Å². The lowest BCUT2D eigenvalue weighted by Gasteiger charge is -2.38. The van der Waals surface area contributed by atoms with Crippen LogP contribution >= 0.6 is 11.8 Å². The van der Waals surface area contributed by atoms with E-state index in [9.17, 15) is 0 Å². The van der Waals surface area contributed by atoms with Crippen LogP contribution < -0.4 is 0 Å². The number of thioether (sulfide) groups is 1. The summed E-state index contributed by atoms with van der Waals surface area (Å²) in [7, 11) is 0. The summed E-state index contributed by atoms with van der Waals surface area (Å²) in [6, 6.07) is 2.37. The average Bonchev–Trinajstić information content (AvgIpc) is 2.46. The van der Waals surface area contributed by atoms with E-state index in [2.05, 4.69) is 73.2 Å². The Morgan fingerprint density at radius 2 is 1.61 bits per heavy atom. The molecule has 0 saturated heterocycles. The molecule has 0 fully saturated rings. The summed E-state index contributed by atoms with van der Waals surface area (Å²) in [6.07, 6.45) is 0. The molecule has 0 saturated carbocycles. The summed E-state index contributed by atoms with van der Waals surface area (Å²) in [5.41, 5.74) is 6.32. The molecule has 0 amide bonds. The Morgan fingerprint density at radius 3 is 2.11 bits per heavy atom. The van der Waals surface area contributed by atoms with E-state index in [1.807, 2.05) is 0 Å². The summed E-state index contributed by atoms with van der Waals surface area (Å²) in [5.74, 6) is 0.629. The van der Waals surface area contributed by atoms with Gasteiger partial charge in [-0.15, -0.1) is 11.8 Å². The van der Waals surface area contributed by atoms with Crippen molar-refractivity contribution in [2.24, 2.45) is 5.41 Å². The highest BCUT2D eigenvalue weighted by Gasteiger charge is 2.47. The molecule has 2 rings (SSSR count). The minimum atomic E-state index is 0.296. The number of hydrogen-bond acceptors (Lipinski definition) is 1. The highest BCUT2D eigenvalue weighted by molar-refractivity contribution is 8.01. The minimum Gasteiger partial charge on any atom is -0.119 e. The molecule has 1 aliphatic rings. The van der Waals surface area contributed by atoms with E-state index in [0.29, 0.717) is 16.1 Å². The molecule has 0 radical (unpaired) electrons. The zero-order valence-electron chi connectivity index (χ0n) is 13.1. The van der Waals surface area contributed by atoms with Gasteiger partial charge in [-0.1, -0.05) is 26.8 Å². The first-order valence-corrected chi connectivity index (χ1v) is 7.67. The second kappa shape index (κ2) is 4.03. The standard InChI is InChI=1S/C17H26S/c1-10-9-11(2)13-14(12(10)3)18-17(7,8)15(13)16(4,5)6/h9,15H,1-8H3. The van der Waals surface area contributed by atoms with Crippen LogP contribution in [0, 0.1) is 26.2 Å². The molecule has 1 atom stereocenters. The van der Waals surface area contributed by atoms with Crippen molar-refractivity contribution >= 4 is 11.8 Å². The van der Waals surface area contributed by atoms with Crippen LogP contribution in [-0.4, -0.2) is 4.75 Å². The Hall–Kier alpha value is -0.430. The molecule has 0 aliphatic carbocycles. The number of hydrogen-bond donors (Lipinski definition) is 0. The molecule has 0 N–H and O–H groups in total. The molecule has 1 aromatic carbocycles. The predicted molar refractivity (Wildman–Crippen MR) is 82.8 cm³/mol. The third-order valence-corrected chi connectivity index (χ3v) is 5.74. The minimum absolute atomic E-state index is 0.296. The molecule has 100 valence electrons. The van der Waals surface area contributed by atoms with Gasteiger partial charge in [0.05, 0.1) is 0 Å². The van der Waals surface area contributed by atoms with Gasteiger partial charge in [0.1, 0.15) is 0 Å². The number of benzene rings is 1. The van der Waals surface area contributed by atoms with E-state index >= 15 is 0 Å². The van der Waals surface area contributed by atoms with Crippen LogP contribution in [0.3, 0.4) is 0 Å². The van der Waals surface area contributed by atoms with E-state index in [1.54, 1.807) is 10.5 Å². The summed E-state index contributed by atoms with van der Waals surface area (Å²) in [4.78, 5) is 1.55. The van der Waals surface area contributed by atoms with Crippen LogP contribution in [0.4, 0.5) is 0 Å². The molecule has 1 aromatic rings. The van der Waals surface area contributed by atoms with E-state index in [4.69, 9.17) is 0 Å². The molecule has 0 spiro atoms. The fourth-order valence-electron chi connectivity index (χ4n) is 3.71. The Labute approximate surface area is 117 Å². The number of fused-ring (bicyclic) bond motifs is 1. The van der Waals surface area contributed by atoms with Gasteiger partial charge in [0.2, 0.25) is 0 Å². The largest absolute Gasteiger partial charge is 0.119 e. The first-order valence-electron chi connectivity index (χ1n) is 6.85. The quantitative estimate of drug-likeness (QED) is 0.584. The van der Waals surface area contributed by atoms with Crippen LogP contribution in [0.15, 0.2) is 11.0 Å². The van der Waals surface area contributed by atoms with E-state index in [-0.39, 0.29) is 0 Å². The van der Waals surface area contributed by atoms with Gasteiger partial charge in [-0.25, -0.2) is 0 Å². The van der Waals surface area contributed by atoms with Crippen molar-refractivity contribution in [1.29, 1.82) is 0 Å². The molecule has 1 unspecified atom stereocenters. The van der Waals surface area contributed by atoms with Crippen molar-refractivity contribution in [3.63, 3.8) is 0 Å².